The Kier molecular flexibility index (Phi) is 15.2. The number of amides is 1. The second-order valence-electron chi connectivity index (χ2n) is 8.69. The summed E-state index contributed by atoms with van der Waals surface area (Å²) >= 11 is 0. The molecule has 8 heteroatoms. The van der Waals surface area contributed by atoms with Crippen molar-refractivity contribution in [1.82, 2.24) is 10.6 Å². The number of hydrogen-bond donors (Lipinski definition) is 3. The van der Waals surface area contributed by atoms with Gasteiger partial charge in [-0.1, -0.05) is 32.1 Å². The third kappa shape index (κ3) is 12.5. The summed E-state index contributed by atoms with van der Waals surface area (Å²) in [6.45, 7) is 4.82. The van der Waals surface area contributed by atoms with Crippen molar-refractivity contribution in [1.29, 1.82) is 0 Å². The molecule has 0 saturated heterocycles. The summed E-state index contributed by atoms with van der Waals surface area (Å²) in [6, 6.07) is 4.85. The minimum absolute atomic E-state index is 0.0902. The van der Waals surface area contributed by atoms with Crippen LogP contribution in [-0.4, -0.2) is 76.1 Å². The molecule has 1 amide bonds. The lowest BCUT2D eigenvalue weighted by molar-refractivity contribution is 0.0138. The maximum Gasteiger partial charge on any atom is 0.255 e. The first-order chi connectivity index (χ1) is 16.7. The molecule has 34 heavy (non-hydrogen) atoms. The summed E-state index contributed by atoms with van der Waals surface area (Å²) in [4.78, 5) is 22.9. The SMILES string of the molecule is O=Cc1ccc(O)c(C(=O)NCCCOCCOCCOCCCNC2CCCCCCC2)c1. The second kappa shape index (κ2) is 18.3. The molecule has 1 saturated carbocycles. The Morgan fingerprint density at radius 1 is 0.882 bits per heavy atom. The largest absolute Gasteiger partial charge is 0.507 e. The maximum atomic E-state index is 12.1. The molecule has 3 N–H and O–H groups in total. The van der Waals surface area contributed by atoms with E-state index in [2.05, 4.69) is 10.6 Å². The van der Waals surface area contributed by atoms with Gasteiger partial charge in [-0.25, -0.2) is 0 Å². The summed E-state index contributed by atoms with van der Waals surface area (Å²) in [6.07, 6.45) is 11.8. The van der Waals surface area contributed by atoms with Crippen LogP contribution in [0.3, 0.4) is 0 Å². The molecule has 8 nitrogen and oxygen atoms in total. The molecule has 1 aliphatic carbocycles. The maximum absolute atomic E-state index is 12.1. The second-order valence-corrected chi connectivity index (χ2v) is 8.69. The Labute approximate surface area is 203 Å². The quantitative estimate of drug-likeness (QED) is 0.233. The predicted molar refractivity (Wildman–Crippen MR) is 132 cm³/mol. The molecule has 0 heterocycles. The number of benzene rings is 1. The highest BCUT2D eigenvalue weighted by atomic mass is 16.5. The van der Waals surface area contributed by atoms with E-state index in [1.54, 1.807) is 0 Å². The zero-order valence-electron chi connectivity index (χ0n) is 20.4. The van der Waals surface area contributed by atoms with E-state index in [0.717, 1.165) is 19.6 Å². The van der Waals surface area contributed by atoms with Gasteiger partial charge >= 0.3 is 0 Å². The van der Waals surface area contributed by atoms with Gasteiger partial charge in [-0.2, -0.15) is 0 Å². The molecular formula is C26H42N2O6. The lowest BCUT2D eigenvalue weighted by atomic mass is 9.97. The first-order valence-corrected chi connectivity index (χ1v) is 12.7. The van der Waals surface area contributed by atoms with Gasteiger partial charge in [-0.3, -0.25) is 9.59 Å². The Morgan fingerprint density at radius 2 is 1.47 bits per heavy atom. The molecule has 0 aromatic heterocycles. The van der Waals surface area contributed by atoms with Crippen LogP contribution in [0, 0.1) is 0 Å². The van der Waals surface area contributed by atoms with E-state index >= 15 is 0 Å². The summed E-state index contributed by atoms with van der Waals surface area (Å²) < 4.78 is 16.6. The summed E-state index contributed by atoms with van der Waals surface area (Å²) in [5, 5.41) is 16.1. The van der Waals surface area contributed by atoms with E-state index in [0.29, 0.717) is 63.9 Å². The van der Waals surface area contributed by atoms with E-state index in [-0.39, 0.29) is 11.3 Å². The molecule has 1 aromatic rings. The van der Waals surface area contributed by atoms with E-state index in [1.807, 2.05) is 0 Å². The number of rotatable bonds is 17. The van der Waals surface area contributed by atoms with Crippen molar-refractivity contribution < 1.29 is 28.9 Å². The van der Waals surface area contributed by atoms with Crippen LogP contribution in [0.5, 0.6) is 5.75 Å². The van der Waals surface area contributed by atoms with Gasteiger partial charge in [-0.05, 0) is 50.4 Å². The number of phenols is 1. The lowest BCUT2D eigenvalue weighted by Crippen LogP contribution is -2.31. The minimum Gasteiger partial charge on any atom is -0.507 e. The molecule has 1 aliphatic rings. The van der Waals surface area contributed by atoms with Gasteiger partial charge in [0.1, 0.15) is 12.0 Å². The summed E-state index contributed by atoms with van der Waals surface area (Å²) in [7, 11) is 0. The van der Waals surface area contributed by atoms with Gasteiger partial charge in [-0.15, -0.1) is 0 Å². The number of aldehydes is 1. The number of carbonyl (C=O) groups excluding carboxylic acids is 2. The fraction of sp³-hybridized carbons (Fsp3) is 0.692. The Bertz CT molecular complexity index is 692. The topological polar surface area (TPSA) is 106 Å². The van der Waals surface area contributed by atoms with Crippen LogP contribution >= 0.6 is 0 Å². The average Bonchev–Trinajstić information content (AvgIpc) is 2.82. The van der Waals surface area contributed by atoms with E-state index in [4.69, 9.17) is 14.2 Å². The smallest absolute Gasteiger partial charge is 0.255 e. The molecule has 2 rings (SSSR count). The van der Waals surface area contributed by atoms with Gasteiger partial charge in [0.2, 0.25) is 0 Å². The predicted octanol–water partition coefficient (Wildman–Crippen LogP) is 3.47. The molecule has 0 spiro atoms. The third-order valence-electron chi connectivity index (χ3n) is 5.90. The van der Waals surface area contributed by atoms with Crippen LogP contribution in [-0.2, 0) is 14.2 Å². The lowest BCUT2D eigenvalue weighted by Gasteiger charge is -2.21. The Morgan fingerprint density at radius 3 is 2.12 bits per heavy atom. The molecule has 0 bridgehead atoms. The van der Waals surface area contributed by atoms with Crippen molar-refractivity contribution in [3.63, 3.8) is 0 Å². The number of hydrogen-bond acceptors (Lipinski definition) is 7. The zero-order valence-corrected chi connectivity index (χ0v) is 20.4. The highest BCUT2D eigenvalue weighted by molar-refractivity contribution is 5.98. The van der Waals surface area contributed by atoms with E-state index in [9.17, 15) is 14.7 Å². The average molecular weight is 479 g/mol. The number of phenolic OH excluding ortho intramolecular Hbond substituents is 1. The molecular weight excluding hydrogens is 436 g/mol. The van der Waals surface area contributed by atoms with Crippen molar-refractivity contribution in [2.45, 2.75) is 63.8 Å². The van der Waals surface area contributed by atoms with Crippen molar-refractivity contribution in [3.05, 3.63) is 29.3 Å². The van der Waals surface area contributed by atoms with Crippen molar-refractivity contribution in [2.24, 2.45) is 0 Å². The zero-order chi connectivity index (χ0) is 24.3. The number of ether oxygens (including phenoxy) is 3. The number of carbonyl (C=O) groups is 2. The van der Waals surface area contributed by atoms with E-state index in [1.165, 1.54) is 63.1 Å². The van der Waals surface area contributed by atoms with Gasteiger partial charge < -0.3 is 30.0 Å². The van der Waals surface area contributed by atoms with Crippen molar-refractivity contribution in [3.8, 4) is 5.75 Å². The fourth-order valence-corrected chi connectivity index (χ4v) is 3.96. The Hall–Kier alpha value is -2.00. The minimum atomic E-state index is -0.417. The van der Waals surface area contributed by atoms with Gasteiger partial charge in [0.25, 0.3) is 5.91 Å². The first-order valence-electron chi connectivity index (χ1n) is 12.7. The summed E-state index contributed by atoms with van der Waals surface area (Å²) in [5.41, 5.74) is 0.432. The molecule has 192 valence electrons. The van der Waals surface area contributed by atoms with Crippen LogP contribution in [0.4, 0.5) is 0 Å². The van der Waals surface area contributed by atoms with Crippen LogP contribution in [0.15, 0.2) is 18.2 Å². The molecule has 0 unspecified atom stereocenters. The van der Waals surface area contributed by atoms with Crippen molar-refractivity contribution in [2.75, 3.05) is 52.7 Å². The van der Waals surface area contributed by atoms with Crippen LogP contribution in [0.2, 0.25) is 0 Å². The molecule has 0 aliphatic heterocycles. The Balaban J connectivity index is 1.34. The monoisotopic (exact) mass is 478 g/mol. The molecule has 0 radical (unpaired) electrons. The van der Waals surface area contributed by atoms with Gasteiger partial charge in [0.15, 0.2) is 0 Å². The standard InChI is InChI=1S/C26H42N2O6/c29-21-22-10-11-25(30)24(20-22)26(31)28-13-7-15-33-17-19-34-18-16-32-14-6-12-27-23-8-4-2-1-3-5-9-23/h10-11,20-21,23,27,30H,1-9,12-19H2,(H,28,31). The van der Waals surface area contributed by atoms with Crippen LogP contribution < -0.4 is 10.6 Å². The van der Waals surface area contributed by atoms with E-state index < -0.39 is 5.91 Å². The number of nitrogens with one attached hydrogen (secondary N) is 2. The van der Waals surface area contributed by atoms with Crippen LogP contribution in [0.25, 0.3) is 0 Å². The fourth-order valence-electron chi connectivity index (χ4n) is 3.96. The molecule has 1 fully saturated rings. The van der Waals surface area contributed by atoms with Gasteiger partial charge in [0, 0.05) is 31.4 Å². The first kappa shape index (κ1) is 28.2. The summed E-state index contributed by atoms with van der Waals surface area (Å²) in [5.74, 6) is -0.567. The highest BCUT2D eigenvalue weighted by Crippen LogP contribution is 2.18. The number of aromatic hydroxyl groups is 1. The molecule has 1 aromatic carbocycles. The third-order valence-corrected chi connectivity index (χ3v) is 5.90. The molecule has 0 atom stereocenters. The van der Waals surface area contributed by atoms with Gasteiger partial charge in [0.05, 0.1) is 32.0 Å². The highest BCUT2D eigenvalue weighted by Gasteiger charge is 2.11. The normalized spacial score (nSPS) is 14.9. The van der Waals surface area contributed by atoms with Crippen molar-refractivity contribution >= 4 is 12.2 Å². The van der Waals surface area contributed by atoms with Crippen LogP contribution in [0.1, 0.15) is 78.5 Å².